The van der Waals surface area contributed by atoms with E-state index in [4.69, 9.17) is 10.8 Å². The Morgan fingerprint density at radius 2 is 1.56 bits per heavy atom. The molecule has 0 aliphatic heterocycles. The van der Waals surface area contributed by atoms with E-state index in [0.717, 1.165) is 5.56 Å². The van der Waals surface area contributed by atoms with Crippen LogP contribution in [-0.2, 0) is 25.6 Å². The minimum Gasteiger partial charge on any atom is -0.480 e. The maximum Gasteiger partial charge on any atom is 0.326 e. The first kappa shape index (κ1) is 27.4. The molecule has 1 rings (SSSR count). The van der Waals surface area contributed by atoms with Crippen molar-refractivity contribution in [1.29, 1.82) is 0 Å². The summed E-state index contributed by atoms with van der Waals surface area (Å²) in [5, 5.41) is 25.9. The fourth-order valence-corrected chi connectivity index (χ4v) is 3.08. The summed E-state index contributed by atoms with van der Waals surface area (Å²) in [6, 6.07) is 4.36. The molecule has 0 radical (unpaired) electrons. The van der Waals surface area contributed by atoms with Gasteiger partial charge in [-0.15, -0.1) is 0 Å². The van der Waals surface area contributed by atoms with Crippen LogP contribution in [0.25, 0.3) is 0 Å². The lowest BCUT2D eigenvalue weighted by atomic mass is 9.98. The monoisotopic (exact) mass is 468 g/mol. The summed E-state index contributed by atoms with van der Waals surface area (Å²) in [7, 11) is 0. The Hall–Kier alpha value is -2.63. The number of nitrogens with two attached hydrogens (primary N) is 1. The van der Waals surface area contributed by atoms with Crippen LogP contribution in [0.4, 0.5) is 0 Å². The molecule has 3 amide bonds. The van der Waals surface area contributed by atoms with Crippen molar-refractivity contribution in [3.05, 3.63) is 35.9 Å². The quantitative estimate of drug-likeness (QED) is 0.183. The lowest BCUT2D eigenvalue weighted by molar-refractivity contribution is -0.143. The molecule has 32 heavy (non-hydrogen) atoms. The van der Waals surface area contributed by atoms with Gasteiger partial charge < -0.3 is 31.9 Å². The molecule has 11 heteroatoms. The molecule has 0 saturated carbocycles. The fourth-order valence-electron chi connectivity index (χ4n) is 2.82. The summed E-state index contributed by atoms with van der Waals surface area (Å²) < 4.78 is 0. The topological polar surface area (TPSA) is 171 Å². The molecule has 178 valence electrons. The standard InChI is InChI=1S/C21H32N4O6S/c1-3-12(2)17(21(30)31)25-19(28)15(9-13-7-5-4-6-8-13)23-20(29)16(11-32)24-18(27)14(22)10-26/h4-8,12,14-17,26,32H,3,9-11,22H2,1-2H3,(H,23,29)(H,24,27)(H,25,28)(H,30,31). The number of amides is 3. The number of benzene rings is 1. The molecule has 0 heterocycles. The average Bonchev–Trinajstić information content (AvgIpc) is 2.79. The van der Waals surface area contributed by atoms with E-state index in [9.17, 15) is 24.3 Å². The Kier molecular flexibility index (Phi) is 11.7. The Balaban J connectivity index is 3.04. The highest BCUT2D eigenvalue weighted by atomic mass is 32.1. The van der Waals surface area contributed by atoms with Crippen molar-refractivity contribution in [2.45, 2.75) is 50.9 Å². The van der Waals surface area contributed by atoms with Gasteiger partial charge in [-0.3, -0.25) is 14.4 Å². The van der Waals surface area contributed by atoms with E-state index in [1.165, 1.54) is 0 Å². The Bertz CT molecular complexity index is 779. The maximum atomic E-state index is 13.0. The molecule has 10 nitrogen and oxygen atoms in total. The minimum absolute atomic E-state index is 0.0833. The minimum atomic E-state index is -1.21. The van der Waals surface area contributed by atoms with Gasteiger partial charge in [-0.2, -0.15) is 12.6 Å². The number of aliphatic carboxylic acids is 1. The highest BCUT2D eigenvalue weighted by Gasteiger charge is 2.31. The average molecular weight is 469 g/mol. The first-order valence-corrected chi connectivity index (χ1v) is 10.9. The van der Waals surface area contributed by atoms with Crippen LogP contribution in [0, 0.1) is 5.92 Å². The lowest BCUT2D eigenvalue weighted by Gasteiger charge is -2.26. The van der Waals surface area contributed by atoms with Crippen molar-refractivity contribution in [3.63, 3.8) is 0 Å². The van der Waals surface area contributed by atoms with Crippen LogP contribution in [0.2, 0.25) is 0 Å². The van der Waals surface area contributed by atoms with Crippen LogP contribution in [0.1, 0.15) is 25.8 Å². The van der Waals surface area contributed by atoms with E-state index in [0.29, 0.717) is 6.42 Å². The molecular weight excluding hydrogens is 436 g/mol. The van der Waals surface area contributed by atoms with Gasteiger partial charge in [-0.05, 0) is 11.5 Å². The summed E-state index contributed by atoms with van der Waals surface area (Å²) in [5.41, 5.74) is 6.20. The molecule has 7 N–H and O–H groups in total. The zero-order valence-corrected chi connectivity index (χ0v) is 19.0. The number of hydrogen-bond donors (Lipinski definition) is 7. The van der Waals surface area contributed by atoms with Gasteiger partial charge in [-0.1, -0.05) is 50.6 Å². The van der Waals surface area contributed by atoms with Crippen LogP contribution in [0.15, 0.2) is 30.3 Å². The third-order valence-corrected chi connectivity index (χ3v) is 5.41. The molecule has 0 fully saturated rings. The van der Waals surface area contributed by atoms with Gasteiger partial charge in [0.25, 0.3) is 0 Å². The second-order valence-electron chi connectivity index (χ2n) is 7.49. The molecule has 1 aromatic carbocycles. The highest BCUT2D eigenvalue weighted by Crippen LogP contribution is 2.10. The predicted octanol–water partition coefficient (Wildman–Crippen LogP) is -0.936. The van der Waals surface area contributed by atoms with E-state index >= 15 is 0 Å². The summed E-state index contributed by atoms with van der Waals surface area (Å²) >= 11 is 4.07. The third kappa shape index (κ3) is 8.48. The van der Waals surface area contributed by atoms with Crippen molar-refractivity contribution in [3.8, 4) is 0 Å². The SMILES string of the molecule is CCC(C)C(NC(=O)C(Cc1ccccc1)NC(=O)C(CS)NC(=O)C(N)CO)C(=O)O. The molecule has 0 spiro atoms. The molecule has 0 aliphatic carbocycles. The molecule has 0 aliphatic rings. The van der Waals surface area contributed by atoms with E-state index < -0.39 is 54.5 Å². The zero-order valence-electron chi connectivity index (χ0n) is 18.2. The highest BCUT2D eigenvalue weighted by molar-refractivity contribution is 7.80. The van der Waals surface area contributed by atoms with E-state index in [1.54, 1.807) is 37.3 Å². The summed E-state index contributed by atoms with van der Waals surface area (Å²) in [6.45, 7) is 2.92. The van der Waals surface area contributed by atoms with Crippen LogP contribution >= 0.6 is 12.6 Å². The van der Waals surface area contributed by atoms with Gasteiger partial charge in [0.05, 0.1) is 6.61 Å². The Morgan fingerprint density at radius 1 is 1.00 bits per heavy atom. The fraction of sp³-hybridized carbons (Fsp3) is 0.524. The molecule has 5 unspecified atom stereocenters. The zero-order chi connectivity index (χ0) is 24.3. The normalized spacial score (nSPS) is 15.5. The lowest BCUT2D eigenvalue weighted by Crippen LogP contribution is -2.59. The molecule has 0 bridgehead atoms. The van der Waals surface area contributed by atoms with Crippen LogP contribution in [0.5, 0.6) is 0 Å². The third-order valence-electron chi connectivity index (χ3n) is 5.04. The first-order valence-electron chi connectivity index (χ1n) is 10.3. The number of carboxylic acid groups (broad SMARTS) is 1. The summed E-state index contributed by atoms with van der Waals surface area (Å²) in [6.07, 6.45) is 0.639. The Morgan fingerprint density at radius 3 is 2.06 bits per heavy atom. The van der Waals surface area contributed by atoms with Crippen molar-refractivity contribution < 1.29 is 29.4 Å². The number of aliphatic hydroxyl groups excluding tert-OH is 1. The van der Waals surface area contributed by atoms with Gasteiger partial charge in [0.1, 0.15) is 24.2 Å². The van der Waals surface area contributed by atoms with E-state index in [2.05, 4.69) is 28.6 Å². The number of thiol groups is 1. The van der Waals surface area contributed by atoms with Gasteiger partial charge in [-0.25, -0.2) is 4.79 Å². The molecule has 1 aromatic rings. The maximum absolute atomic E-state index is 13.0. The van der Waals surface area contributed by atoms with Crippen molar-refractivity contribution in [2.75, 3.05) is 12.4 Å². The van der Waals surface area contributed by atoms with Crippen LogP contribution < -0.4 is 21.7 Å². The molecular formula is C21H32N4O6S. The van der Waals surface area contributed by atoms with Crippen LogP contribution in [0.3, 0.4) is 0 Å². The smallest absolute Gasteiger partial charge is 0.326 e. The number of hydrogen-bond acceptors (Lipinski definition) is 7. The van der Waals surface area contributed by atoms with E-state index in [-0.39, 0.29) is 18.1 Å². The number of nitrogens with one attached hydrogen (secondary N) is 3. The van der Waals surface area contributed by atoms with Crippen molar-refractivity contribution in [2.24, 2.45) is 11.7 Å². The number of carboxylic acids is 1. The second kappa shape index (κ2) is 13.7. The number of aliphatic hydroxyl groups is 1. The van der Waals surface area contributed by atoms with Gasteiger partial charge in [0, 0.05) is 12.2 Å². The molecule has 0 saturated heterocycles. The summed E-state index contributed by atoms with van der Waals surface area (Å²) in [4.78, 5) is 49.3. The number of carbonyl (C=O) groups excluding carboxylic acids is 3. The van der Waals surface area contributed by atoms with Gasteiger partial charge >= 0.3 is 5.97 Å². The van der Waals surface area contributed by atoms with Crippen molar-refractivity contribution >= 4 is 36.3 Å². The van der Waals surface area contributed by atoms with Gasteiger partial charge in [0.15, 0.2) is 0 Å². The largest absolute Gasteiger partial charge is 0.480 e. The number of carbonyl (C=O) groups is 4. The van der Waals surface area contributed by atoms with Gasteiger partial charge in [0.2, 0.25) is 17.7 Å². The van der Waals surface area contributed by atoms with E-state index in [1.807, 2.05) is 6.92 Å². The Labute approximate surface area is 192 Å². The molecule has 5 atom stereocenters. The number of rotatable bonds is 13. The summed E-state index contributed by atoms with van der Waals surface area (Å²) in [5.74, 6) is -3.67. The van der Waals surface area contributed by atoms with Crippen LogP contribution in [-0.4, -0.2) is 70.4 Å². The molecule has 0 aromatic heterocycles. The second-order valence-corrected chi connectivity index (χ2v) is 7.86. The predicted molar refractivity (Wildman–Crippen MR) is 122 cm³/mol. The first-order chi connectivity index (χ1) is 15.1. The van der Waals surface area contributed by atoms with Crippen molar-refractivity contribution in [1.82, 2.24) is 16.0 Å².